The second-order valence-corrected chi connectivity index (χ2v) is 5.31. The van der Waals surface area contributed by atoms with Gasteiger partial charge in [-0.2, -0.15) is 0 Å². The van der Waals surface area contributed by atoms with Crippen molar-refractivity contribution < 1.29 is 13.9 Å². The van der Waals surface area contributed by atoms with E-state index in [-0.39, 0.29) is 18.8 Å². The fraction of sp³-hybridized carbons (Fsp3) is 1.00. The average molecular weight is 233 g/mol. The number of nitrogens with one attached hydrogen (secondary N) is 1. The molecule has 94 valence electrons. The Bertz CT molecular complexity index is 229. The molecule has 0 bridgehead atoms. The van der Waals surface area contributed by atoms with Gasteiger partial charge in [-0.05, 0) is 38.1 Å². The van der Waals surface area contributed by atoms with E-state index in [0.29, 0.717) is 18.9 Å². The van der Waals surface area contributed by atoms with E-state index in [9.17, 15) is 13.9 Å². The number of halogens is 2. The highest BCUT2D eigenvalue weighted by atomic mass is 19.3. The summed E-state index contributed by atoms with van der Waals surface area (Å²) in [6, 6.07) is 0.331. The van der Waals surface area contributed by atoms with E-state index >= 15 is 0 Å². The highest BCUT2D eigenvalue weighted by Crippen LogP contribution is 2.41. The normalized spacial score (nSPS) is 36.2. The summed E-state index contributed by atoms with van der Waals surface area (Å²) in [7, 11) is 0. The van der Waals surface area contributed by atoms with Gasteiger partial charge in [-0.3, -0.25) is 0 Å². The van der Waals surface area contributed by atoms with E-state index in [1.807, 2.05) is 0 Å². The van der Waals surface area contributed by atoms with Gasteiger partial charge in [0, 0.05) is 18.9 Å². The predicted molar refractivity (Wildman–Crippen MR) is 58.6 cm³/mol. The van der Waals surface area contributed by atoms with Crippen LogP contribution >= 0.6 is 0 Å². The first kappa shape index (κ1) is 12.2. The van der Waals surface area contributed by atoms with Crippen LogP contribution < -0.4 is 5.32 Å². The summed E-state index contributed by atoms with van der Waals surface area (Å²) in [4.78, 5) is 0. The maximum Gasteiger partial charge on any atom is 0.248 e. The lowest BCUT2D eigenvalue weighted by atomic mass is 9.91. The van der Waals surface area contributed by atoms with E-state index in [1.165, 1.54) is 12.8 Å². The second kappa shape index (κ2) is 4.96. The molecule has 0 aromatic rings. The van der Waals surface area contributed by atoms with Gasteiger partial charge in [-0.1, -0.05) is 6.42 Å². The average Bonchev–Trinajstić information content (AvgIpc) is 2.60. The van der Waals surface area contributed by atoms with Gasteiger partial charge in [0.05, 0.1) is 6.10 Å². The van der Waals surface area contributed by atoms with Crippen LogP contribution in [0.1, 0.15) is 44.9 Å². The van der Waals surface area contributed by atoms with Crippen LogP contribution in [-0.2, 0) is 0 Å². The van der Waals surface area contributed by atoms with Gasteiger partial charge >= 0.3 is 0 Å². The molecule has 2 N–H and O–H groups in total. The first-order chi connectivity index (χ1) is 7.57. The molecule has 0 aromatic heterocycles. The van der Waals surface area contributed by atoms with Gasteiger partial charge in [0.15, 0.2) is 0 Å². The number of rotatable bonds is 3. The van der Waals surface area contributed by atoms with Crippen LogP contribution in [0.15, 0.2) is 0 Å². The standard InChI is InChI=1S/C12H21F2NO/c13-12(14)5-4-9(8-12)11(16)7-10-3-1-2-6-15-10/h9-11,15-16H,1-8H2. The Labute approximate surface area is 95.4 Å². The van der Waals surface area contributed by atoms with Crippen LogP contribution in [-0.4, -0.2) is 29.7 Å². The van der Waals surface area contributed by atoms with Crippen molar-refractivity contribution in [2.24, 2.45) is 5.92 Å². The number of aliphatic hydroxyl groups is 1. The van der Waals surface area contributed by atoms with Gasteiger partial charge in [0.25, 0.3) is 0 Å². The van der Waals surface area contributed by atoms with E-state index < -0.39 is 12.0 Å². The van der Waals surface area contributed by atoms with Crippen LogP contribution in [0, 0.1) is 5.92 Å². The van der Waals surface area contributed by atoms with Crippen molar-refractivity contribution in [1.29, 1.82) is 0 Å². The minimum absolute atomic E-state index is 0.0488. The molecule has 16 heavy (non-hydrogen) atoms. The largest absolute Gasteiger partial charge is 0.393 e. The quantitative estimate of drug-likeness (QED) is 0.784. The minimum Gasteiger partial charge on any atom is -0.393 e. The molecule has 0 radical (unpaired) electrons. The summed E-state index contributed by atoms with van der Waals surface area (Å²) in [6.07, 6.45) is 3.83. The molecule has 4 heteroatoms. The SMILES string of the molecule is OC(CC1CCCCN1)C1CCC(F)(F)C1. The molecule has 0 spiro atoms. The molecule has 1 aliphatic heterocycles. The van der Waals surface area contributed by atoms with Gasteiger partial charge in [0.2, 0.25) is 5.92 Å². The lowest BCUT2D eigenvalue weighted by Crippen LogP contribution is -2.38. The Hall–Kier alpha value is -0.220. The van der Waals surface area contributed by atoms with Crippen LogP contribution in [0.3, 0.4) is 0 Å². The first-order valence-electron chi connectivity index (χ1n) is 6.36. The molecule has 0 aromatic carbocycles. The van der Waals surface area contributed by atoms with Crippen molar-refractivity contribution in [3.63, 3.8) is 0 Å². The minimum atomic E-state index is -2.54. The number of hydrogen-bond acceptors (Lipinski definition) is 2. The topological polar surface area (TPSA) is 32.3 Å². The maximum atomic E-state index is 13.0. The van der Waals surface area contributed by atoms with Crippen molar-refractivity contribution in [1.82, 2.24) is 5.32 Å². The Morgan fingerprint density at radius 2 is 2.12 bits per heavy atom. The highest BCUT2D eigenvalue weighted by Gasteiger charge is 2.42. The third-order valence-electron chi connectivity index (χ3n) is 3.92. The van der Waals surface area contributed by atoms with E-state index in [1.54, 1.807) is 0 Å². The smallest absolute Gasteiger partial charge is 0.248 e. The van der Waals surface area contributed by atoms with Crippen LogP contribution in [0.5, 0.6) is 0 Å². The van der Waals surface area contributed by atoms with Crippen molar-refractivity contribution >= 4 is 0 Å². The molecule has 2 nitrogen and oxygen atoms in total. The molecule has 1 saturated carbocycles. The summed E-state index contributed by atoms with van der Waals surface area (Å²) >= 11 is 0. The van der Waals surface area contributed by atoms with Gasteiger partial charge in [-0.25, -0.2) is 8.78 Å². The van der Waals surface area contributed by atoms with Crippen LogP contribution in [0.2, 0.25) is 0 Å². The Kier molecular flexibility index (Phi) is 3.80. The molecular formula is C12H21F2NO. The zero-order valence-electron chi connectivity index (χ0n) is 9.59. The lowest BCUT2D eigenvalue weighted by Gasteiger charge is -2.27. The summed E-state index contributed by atoms with van der Waals surface area (Å²) in [5.74, 6) is -2.73. The van der Waals surface area contributed by atoms with Gasteiger partial charge in [-0.15, -0.1) is 0 Å². The Morgan fingerprint density at radius 1 is 1.31 bits per heavy atom. The molecule has 1 aliphatic carbocycles. The molecule has 2 rings (SSSR count). The first-order valence-corrected chi connectivity index (χ1v) is 6.36. The third-order valence-corrected chi connectivity index (χ3v) is 3.92. The number of alkyl halides is 2. The Balaban J connectivity index is 1.77. The van der Waals surface area contributed by atoms with Crippen LogP contribution in [0.4, 0.5) is 8.78 Å². The predicted octanol–water partition coefficient (Wildman–Crippen LogP) is 2.31. The molecule has 2 fully saturated rings. The lowest BCUT2D eigenvalue weighted by molar-refractivity contribution is -0.00699. The zero-order valence-corrected chi connectivity index (χ0v) is 9.59. The number of hydrogen-bond donors (Lipinski definition) is 2. The summed E-state index contributed by atoms with van der Waals surface area (Å²) in [5.41, 5.74) is 0. The molecule has 3 unspecified atom stereocenters. The zero-order chi connectivity index (χ0) is 11.6. The molecule has 2 aliphatic rings. The number of piperidine rings is 1. The van der Waals surface area contributed by atoms with E-state index in [2.05, 4.69) is 5.32 Å². The van der Waals surface area contributed by atoms with Crippen LogP contribution in [0.25, 0.3) is 0 Å². The summed E-state index contributed by atoms with van der Waals surface area (Å²) < 4.78 is 26.0. The molecule has 1 heterocycles. The van der Waals surface area contributed by atoms with Gasteiger partial charge < -0.3 is 10.4 Å². The van der Waals surface area contributed by atoms with Crippen molar-refractivity contribution in [2.45, 2.75) is 63.0 Å². The van der Waals surface area contributed by atoms with Crippen molar-refractivity contribution in [2.75, 3.05) is 6.54 Å². The van der Waals surface area contributed by atoms with Crippen molar-refractivity contribution in [3.05, 3.63) is 0 Å². The van der Waals surface area contributed by atoms with E-state index in [0.717, 1.165) is 13.0 Å². The van der Waals surface area contributed by atoms with E-state index in [4.69, 9.17) is 0 Å². The molecule has 1 saturated heterocycles. The highest BCUT2D eigenvalue weighted by molar-refractivity contribution is 4.87. The molecule has 3 atom stereocenters. The molecular weight excluding hydrogens is 212 g/mol. The van der Waals surface area contributed by atoms with Gasteiger partial charge in [0.1, 0.15) is 0 Å². The molecule has 0 amide bonds. The summed E-state index contributed by atoms with van der Waals surface area (Å²) in [6.45, 7) is 0.998. The number of aliphatic hydroxyl groups excluding tert-OH is 1. The second-order valence-electron chi connectivity index (χ2n) is 5.31. The van der Waals surface area contributed by atoms with Crippen molar-refractivity contribution in [3.8, 4) is 0 Å². The third kappa shape index (κ3) is 3.14. The Morgan fingerprint density at radius 3 is 2.69 bits per heavy atom. The monoisotopic (exact) mass is 233 g/mol. The fourth-order valence-corrected chi connectivity index (χ4v) is 2.92. The fourth-order valence-electron chi connectivity index (χ4n) is 2.92. The maximum absolute atomic E-state index is 13.0. The summed E-state index contributed by atoms with van der Waals surface area (Å²) in [5, 5.41) is 13.3.